The SMILES string of the molecule is C[C@@H]1[C@@H](N=C(Nc2ccc3c(=O)n(CCc4ccc(F)cc4)c(CN4CCCC(O)C4)nc3c2)N2CCN[C@@H](C)C2)C[C@H]2C[C@@H]1C2(C)C. The van der Waals surface area contributed by atoms with E-state index in [1.54, 1.807) is 16.7 Å². The first-order valence-corrected chi connectivity index (χ1v) is 18.1. The molecule has 0 radical (unpaired) electrons. The van der Waals surface area contributed by atoms with Crippen molar-refractivity contribution in [3.05, 3.63) is 70.0 Å². The van der Waals surface area contributed by atoms with Crippen molar-refractivity contribution < 1.29 is 9.50 Å². The number of aliphatic hydroxyl groups excluding tert-OH is 1. The van der Waals surface area contributed by atoms with E-state index in [1.165, 1.54) is 18.6 Å². The number of hydrogen-bond donors (Lipinski definition) is 3. The number of aromatic nitrogens is 2. The quantitative estimate of drug-likeness (QED) is 0.247. The number of nitrogens with zero attached hydrogens (tertiary/aromatic N) is 5. The number of hydrogen-bond acceptors (Lipinski definition) is 6. The van der Waals surface area contributed by atoms with Crippen LogP contribution in [-0.4, -0.2) is 81.3 Å². The van der Waals surface area contributed by atoms with Crippen molar-refractivity contribution in [2.75, 3.05) is 38.0 Å². The molecule has 48 heavy (non-hydrogen) atoms. The van der Waals surface area contributed by atoms with E-state index in [0.717, 1.165) is 68.6 Å². The predicted octanol–water partition coefficient (Wildman–Crippen LogP) is 4.87. The molecule has 6 atom stereocenters. The van der Waals surface area contributed by atoms with Gasteiger partial charge in [-0.3, -0.25) is 14.3 Å². The zero-order chi connectivity index (χ0) is 33.6. The van der Waals surface area contributed by atoms with Crippen molar-refractivity contribution in [1.82, 2.24) is 24.7 Å². The van der Waals surface area contributed by atoms with E-state index in [1.807, 2.05) is 18.2 Å². The second-order valence-electron chi connectivity index (χ2n) is 15.5. The molecular formula is C38H52FN7O2. The lowest BCUT2D eigenvalue weighted by molar-refractivity contribution is -0.108. The van der Waals surface area contributed by atoms with Gasteiger partial charge in [-0.15, -0.1) is 0 Å². The molecule has 3 heterocycles. The Morgan fingerprint density at radius 1 is 1.12 bits per heavy atom. The van der Waals surface area contributed by atoms with Gasteiger partial charge in [-0.2, -0.15) is 0 Å². The number of rotatable bonds is 7. The van der Waals surface area contributed by atoms with Crippen LogP contribution in [0.3, 0.4) is 0 Å². The molecule has 3 aliphatic carbocycles. The minimum Gasteiger partial charge on any atom is -0.392 e. The van der Waals surface area contributed by atoms with Crippen LogP contribution in [0.2, 0.25) is 0 Å². The van der Waals surface area contributed by atoms with Crippen molar-refractivity contribution in [1.29, 1.82) is 0 Å². The summed E-state index contributed by atoms with van der Waals surface area (Å²) < 4.78 is 15.3. The molecule has 9 nitrogen and oxygen atoms in total. The largest absolute Gasteiger partial charge is 0.392 e. The number of aryl methyl sites for hydroxylation is 1. The van der Waals surface area contributed by atoms with Crippen LogP contribution in [-0.2, 0) is 19.5 Å². The molecule has 2 bridgehead atoms. The monoisotopic (exact) mass is 657 g/mol. The molecule has 1 unspecified atom stereocenters. The van der Waals surface area contributed by atoms with Crippen molar-refractivity contribution >= 4 is 22.5 Å². The molecule has 0 amide bonds. The van der Waals surface area contributed by atoms with Gasteiger partial charge in [-0.05, 0) is 105 Å². The van der Waals surface area contributed by atoms with Gasteiger partial charge in [0, 0.05) is 44.5 Å². The van der Waals surface area contributed by atoms with Crippen LogP contribution in [0.1, 0.15) is 64.8 Å². The van der Waals surface area contributed by atoms with Crippen LogP contribution in [0, 0.1) is 29.0 Å². The number of aliphatic imine (C=N–C) groups is 1. The molecule has 5 fully saturated rings. The average Bonchev–Trinajstić information content (AvgIpc) is 3.05. The molecule has 1 aromatic heterocycles. The van der Waals surface area contributed by atoms with E-state index in [9.17, 15) is 14.3 Å². The zero-order valence-corrected chi connectivity index (χ0v) is 29.0. The highest BCUT2D eigenvalue weighted by Crippen LogP contribution is 2.61. The Labute approximate surface area is 283 Å². The van der Waals surface area contributed by atoms with Gasteiger partial charge in [0.15, 0.2) is 5.96 Å². The first kappa shape index (κ1) is 33.2. The molecular weight excluding hydrogens is 605 g/mol. The normalized spacial score (nSPS) is 29.1. The summed E-state index contributed by atoms with van der Waals surface area (Å²) in [4.78, 5) is 29.2. The van der Waals surface area contributed by atoms with Gasteiger partial charge in [-0.25, -0.2) is 14.4 Å². The number of halogens is 1. The number of fused-ring (bicyclic) bond motifs is 3. The predicted molar refractivity (Wildman–Crippen MR) is 190 cm³/mol. The fraction of sp³-hybridized carbons (Fsp3) is 0.605. The topological polar surface area (TPSA) is 98.0 Å². The van der Waals surface area contributed by atoms with E-state index < -0.39 is 0 Å². The first-order chi connectivity index (χ1) is 23.0. The number of aliphatic hydroxyl groups is 1. The Morgan fingerprint density at radius 2 is 1.94 bits per heavy atom. The van der Waals surface area contributed by atoms with Gasteiger partial charge >= 0.3 is 0 Å². The number of piperidine rings is 1. The van der Waals surface area contributed by atoms with E-state index in [2.05, 4.69) is 48.1 Å². The van der Waals surface area contributed by atoms with E-state index >= 15 is 0 Å². The summed E-state index contributed by atoms with van der Waals surface area (Å²) in [5.41, 5.74) is 2.81. The summed E-state index contributed by atoms with van der Waals surface area (Å²) in [7, 11) is 0. The highest BCUT2D eigenvalue weighted by atomic mass is 19.1. The van der Waals surface area contributed by atoms with Gasteiger partial charge in [-0.1, -0.05) is 32.9 Å². The number of likely N-dealkylation sites (tertiary alicyclic amines) is 1. The molecule has 0 spiro atoms. The van der Waals surface area contributed by atoms with Gasteiger partial charge in [0.2, 0.25) is 0 Å². The molecule has 8 rings (SSSR count). The molecule has 258 valence electrons. The first-order valence-electron chi connectivity index (χ1n) is 18.1. The van der Waals surface area contributed by atoms with Crippen LogP contribution < -0.4 is 16.2 Å². The standard InChI is InChI=1S/C38H52FN7O2/c1-24-21-45(17-14-40-24)37(43-33-19-27-18-32(25(33)2)38(27,3)4)41-29-11-12-31-34(20-29)42-35(23-44-15-5-6-30(47)22-44)46(36(31)48)16-13-26-7-9-28(39)10-8-26/h7-12,20,24-25,27,30,32-33,40,47H,5-6,13-19,21-23H2,1-4H3,(H,41,43)/t24-,25-,27+,30?,32-,33-/m0/s1. The Bertz CT molecular complexity index is 1710. The van der Waals surface area contributed by atoms with Crippen LogP contribution in [0.4, 0.5) is 10.1 Å². The Morgan fingerprint density at radius 3 is 2.67 bits per heavy atom. The summed E-state index contributed by atoms with van der Waals surface area (Å²) in [6.45, 7) is 14.5. The van der Waals surface area contributed by atoms with E-state index in [0.29, 0.717) is 66.1 Å². The maximum Gasteiger partial charge on any atom is 0.261 e. The lowest BCUT2D eigenvalue weighted by atomic mass is 9.45. The average molecular weight is 658 g/mol. The van der Waals surface area contributed by atoms with Crippen molar-refractivity contribution in [3.8, 4) is 0 Å². The molecule has 3 saturated carbocycles. The molecule has 2 saturated heterocycles. The van der Waals surface area contributed by atoms with Crippen LogP contribution >= 0.6 is 0 Å². The minimum atomic E-state index is -0.372. The molecule has 2 aliphatic heterocycles. The number of nitrogens with one attached hydrogen (secondary N) is 2. The summed E-state index contributed by atoms with van der Waals surface area (Å²) in [5.74, 6) is 3.29. The third-order valence-electron chi connectivity index (χ3n) is 11.9. The zero-order valence-electron chi connectivity index (χ0n) is 29.0. The third kappa shape index (κ3) is 6.76. The Kier molecular flexibility index (Phi) is 9.34. The maximum atomic E-state index is 14.1. The van der Waals surface area contributed by atoms with Gasteiger partial charge in [0.1, 0.15) is 11.6 Å². The number of benzene rings is 2. The second kappa shape index (κ2) is 13.5. The minimum absolute atomic E-state index is 0.0797. The molecule has 2 aromatic carbocycles. The van der Waals surface area contributed by atoms with E-state index in [-0.39, 0.29) is 23.5 Å². The molecule has 5 aliphatic rings. The van der Waals surface area contributed by atoms with Crippen molar-refractivity contribution in [2.45, 2.75) is 91.1 Å². The lowest BCUT2D eigenvalue weighted by Gasteiger charge is -2.61. The lowest BCUT2D eigenvalue weighted by Crippen LogP contribution is -2.57. The number of anilines is 1. The molecule has 3 N–H and O–H groups in total. The Balaban J connectivity index is 1.20. The molecule has 10 heteroatoms. The fourth-order valence-electron chi connectivity index (χ4n) is 8.86. The maximum absolute atomic E-state index is 14.1. The van der Waals surface area contributed by atoms with Gasteiger partial charge in [0.05, 0.1) is 29.6 Å². The number of piperazine rings is 1. The highest BCUT2D eigenvalue weighted by Gasteiger charge is 2.56. The van der Waals surface area contributed by atoms with E-state index in [4.69, 9.17) is 9.98 Å². The van der Waals surface area contributed by atoms with Gasteiger partial charge < -0.3 is 20.6 Å². The summed E-state index contributed by atoms with van der Waals surface area (Å²) >= 11 is 0. The van der Waals surface area contributed by atoms with Crippen molar-refractivity contribution in [3.63, 3.8) is 0 Å². The van der Waals surface area contributed by atoms with Crippen LogP contribution in [0.15, 0.2) is 52.3 Å². The highest BCUT2D eigenvalue weighted by molar-refractivity contribution is 5.96. The second-order valence-corrected chi connectivity index (χ2v) is 15.5. The summed E-state index contributed by atoms with van der Waals surface area (Å²) in [5, 5.41) is 18.2. The summed E-state index contributed by atoms with van der Waals surface area (Å²) in [6, 6.07) is 12.9. The molecule has 3 aromatic rings. The fourth-order valence-corrected chi connectivity index (χ4v) is 8.86. The van der Waals surface area contributed by atoms with Crippen LogP contribution in [0.5, 0.6) is 0 Å². The summed E-state index contributed by atoms with van der Waals surface area (Å²) in [6.07, 6.45) is 4.37. The number of guanidine groups is 1. The van der Waals surface area contributed by atoms with Crippen LogP contribution in [0.25, 0.3) is 10.9 Å². The third-order valence-corrected chi connectivity index (χ3v) is 11.9. The number of β-amino-alcohol motifs (C(OH)–C–C–N with tert-alkyl or cyclic N) is 1. The van der Waals surface area contributed by atoms with Crippen molar-refractivity contribution in [2.24, 2.45) is 28.2 Å². The smallest absolute Gasteiger partial charge is 0.261 e. The van der Waals surface area contributed by atoms with Gasteiger partial charge in [0.25, 0.3) is 5.56 Å². The Hall–Kier alpha value is -3.34.